The van der Waals surface area contributed by atoms with Crippen LogP contribution in [0, 0.1) is 10.1 Å². The third-order valence-electron chi connectivity index (χ3n) is 2.76. The maximum absolute atomic E-state index is 10.9. The topological polar surface area (TPSA) is 111 Å². The van der Waals surface area contributed by atoms with Crippen LogP contribution in [0.15, 0.2) is 36.7 Å². The monoisotopic (exact) mass is 271 g/mol. The average molecular weight is 271 g/mol. The number of nitro benzene ring substituents is 1. The molecule has 3 aromatic rings. The fraction of sp³-hybridized carbons (Fsp3) is 0.0909. The summed E-state index contributed by atoms with van der Waals surface area (Å²) in [6.07, 6.45) is 3.08. The SMILES string of the molecule is O=[N+]([O-])c1ccccc1CNc1cncc2nnnn12. The van der Waals surface area contributed by atoms with Gasteiger partial charge in [0.15, 0.2) is 11.5 Å². The summed E-state index contributed by atoms with van der Waals surface area (Å²) in [6.45, 7) is 0.276. The molecule has 2 heterocycles. The summed E-state index contributed by atoms with van der Waals surface area (Å²) in [7, 11) is 0. The molecule has 0 aliphatic carbocycles. The van der Waals surface area contributed by atoms with Crippen molar-refractivity contribution in [2.75, 3.05) is 5.32 Å². The van der Waals surface area contributed by atoms with Crippen molar-refractivity contribution < 1.29 is 4.92 Å². The lowest BCUT2D eigenvalue weighted by Crippen LogP contribution is -2.07. The quantitative estimate of drug-likeness (QED) is 0.557. The van der Waals surface area contributed by atoms with Crippen molar-refractivity contribution in [3.8, 4) is 0 Å². The van der Waals surface area contributed by atoms with Gasteiger partial charge in [0.05, 0.1) is 17.3 Å². The number of hydrogen-bond acceptors (Lipinski definition) is 7. The van der Waals surface area contributed by atoms with Gasteiger partial charge in [-0.1, -0.05) is 18.2 Å². The number of nitrogens with one attached hydrogen (secondary N) is 1. The van der Waals surface area contributed by atoms with Gasteiger partial charge in [0, 0.05) is 18.2 Å². The molecule has 20 heavy (non-hydrogen) atoms. The Kier molecular flexibility index (Phi) is 2.92. The van der Waals surface area contributed by atoms with Gasteiger partial charge in [-0.05, 0) is 10.4 Å². The van der Waals surface area contributed by atoms with Gasteiger partial charge in [0.1, 0.15) is 0 Å². The van der Waals surface area contributed by atoms with Gasteiger partial charge in [-0.2, -0.15) is 4.52 Å². The summed E-state index contributed by atoms with van der Waals surface area (Å²) in [5, 5.41) is 25.1. The van der Waals surface area contributed by atoms with E-state index in [4.69, 9.17) is 0 Å². The molecule has 0 radical (unpaired) electrons. The van der Waals surface area contributed by atoms with Gasteiger partial charge in [-0.3, -0.25) is 15.1 Å². The highest BCUT2D eigenvalue weighted by molar-refractivity contribution is 5.46. The van der Waals surface area contributed by atoms with Crippen LogP contribution in [0.5, 0.6) is 0 Å². The fourth-order valence-electron chi connectivity index (χ4n) is 1.82. The number of fused-ring (bicyclic) bond motifs is 1. The van der Waals surface area contributed by atoms with Crippen molar-refractivity contribution in [3.05, 3.63) is 52.3 Å². The number of para-hydroxylation sites is 1. The summed E-state index contributed by atoms with van der Waals surface area (Å²) < 4.78 is 1.47. The number of tetrazole rings is 1. The largest absolute Gasteiger partial charge is 0.364 e. The second-order valence-corrected chi connectivity index (χ2v) is 3.98. The van der Waals surface area contributed by atoms with Crippen molar-refractivity contribution in [1.29, 1.82) is 0 Å². The molecule has 0 saturated carbocycles. The molecule has 0 unspecified atom stereocenters. The van der Waals surface area contributed by atoms with Crippen LogP contribution in [-0.4, -0.2) is 29.9 Å². The molecule has 3 rings (SSSR count). The maximum Gasteiger partial charge on any atom is 0.274 e. The Bertz CT molecular complexity index is 770. The molecule has 1 N–H and O–H groups in total. The van der Waals surface area contributed by atoms with E-state index >= 15 is 0 Å². The van der Waals surface area contributed by atoms with Crippen molar-refractivity contribution in [1.82, 2.24) is 25.0 Å². The molecule has 1 aromatic carbocycles. The van der Waals surface area contributed by atoms with Crippen molar-refractivity contribution in [2.45, 2.75) is 6.54 Å². The second-order valence-electron chi connectivity index (χ2n) is 3.98. The van der Waals surface area contributed by atoms with Crippen LogP contribution in [0.3, 0.4) is 0 Å². The van der Waals surface area contributed by atoms with Gasteiger partial charge in [0.2, 0.25) is 0 Å². The van der Waals surface area contributed by atoms with E-state index in [-0.39, 0.29) is 12.2 Å². The molecular weight excluding hydrogens is 262 g/mol. The Morgan fingerprint density at radius 2 is 2.15 bits per heavy atom. The van der Waals surface area contributed by atoms with Crippen molar-refractivity contribution in [3.63, 3.8) is 0 Å². The van der Waals surface area contributed by atoms with Gasteiger partial charge >= 0.3 is 0 Å². The molecule has 0 aliphatic rings. The molecule has 100 valence electrons. The third-order valence-corrected chi connectivity index (χ3v) is 2.76. The van der Waals surface area contributed by atoms with E-state index in [1.165, 1.54) is 16.8 Å². The summed E-state index contributed by atoms with van der Waals surface area (Å²) >= 11 is 0. The molecular formula is C11H9N7O2. The Hall–Kier alpha value is -3.10. The minimum absolute atomic E-state index is 0.0665. The molecule has 0 amide bonds. The number of hydrogen-bond donors (Lipinski definition) is 1. The number of aromatic nitrogens is 5. The molecule has 0 atom stereocenters. The molecule has 9 nitrogen and oxygen atoms in total. The van der Waals surface area contributed by atoms with E-state index in [1.807, 2.05) is 0 Å². The predicted molar refractivity (Wildman–Crippen MR) is 69.0 cm³/mol. The number of benzene rings is 1. The minimum Gasteiger partial charge on any atom is -0.364 e. The molecule has 9 heteroatoms. The molecule has 0 spiro atoms. The van der Waals surface area contributed by atoms with Crippen LogP contribution in [-0.2, 0) is 6.54 Å². The van der Waals surface area contributed by atoms with Crippen LogP contribution in [0.25, 0.3) is 5.65 Å². The van der Waals surface area contributed by atoms with Gasteiger partial charge in [-0.15, -0.1) is 5.10 Å². The lowest BCUT2D eigenvalue weighted by molar-refractivity contribution is -0.385. The Morgan fingerprint density at radius 3 is 3.00 bits per heavy atom. The highest BCUT2D eigenvalue weighted by atomic mass is 16.6. The molecule has 0 fully saturated rings. The lowest BCUT2D eigenvalue weighted by atomic mass is 10.2. The zero-order valence-corrected chi connectivity index (χ0v) is 10.2. The molecule has 0 saturated heterocycles. The molecule has 0 aliphatic heterocycles. The first-order chi connectivity index (χ1) is 9.75. The minimum atomic E-state index is -0.410. The lowest BCUT2D eigenvalue weighted by Gasteiger charge is -2.07. The molecule has 0 bridgehead atoms. The first-order valence-electron chi connectivity index (χ1n) is 5.74. The van der Waals surface area contributed by atoms with Crippen molar-refractivity contribution in [2.24, 2.45) is 0 Å². The highest BCUT2D eigenvalue weighted by Crippen LogP contribution is 2.18. The number of nitro groups is 1. The Balaban J connectivity index is 1.87. The first kappa shape index (κ1) is 12.0. The standard InChI is InChI=1S/C11H9N7O2/c19-18(20)9-4-2-1-3-8(9)5-13-10-6-12-7-11-14-15-16-17(10)11/h1-4,6-7,13H,5H2. The van der Waals surface area contributed by atoms with E-state index in [9.17, 15) is 10.1 Å². The predicted octanol–water partition coefficient (Wildman–Crippen LogP) is 1.04. The zero-order valence-electron chi connectivity index (χ0n) is 10.2. The number of nitrogens with zero attached hydrogens (tertiary/aromatic N) is 6. The van der Waals surface area contributed by atoms with Gasteiger partial charge in [-0.25, -0.2) is 0 Å². The Morgan fingerprint density at radius 1 is 1.30 bits per heavy atom. The normalized spacial score (nSPS) is 10.6. The second kappa shape index (κ2) is 4.88. The maximum atomic E-state index is 10.9. The van der Waals surface area contributed by atoms with Crippen LogP contribution in [0.1, 0.15) is 5.56 Å². The van der Waals surface area contributed by atoms with E-state index in [1.54, 1.807) is 24.4 Å². The number of rotatable bonds is 4. The van der Waals surface area contributed by atoms with Gasteiger partial charge in [0.25, 0.3) is 5.69 Å². The highest BCUT2D eigenvalue weighted by Gasteiger charge is 2.12. The van der Waals surface area contributed by atoms with Crippen LogP contribution in [0.2, 0.25) is 0 Å². The average Bonchev–Trinajstić information content (AvgIpc) is 2.94. The van der Waals surface area contributed by atoms with E-state index in [0.717, 1.165) is 0 Å². The van der Waals surface area contributed by atoms with Gasteiger partial charge < -0.3 is 5.32 Å². The van der Waals surface area contributed by atoms with Crippen LogP contribution >= 0.6 is 0 Å². The zero-order chi connectivity index (χ0) is 13.9. The summed E-state index contributed by atoms with van der Waals surface area (Å²) in [4.78, 5) is 14.5. The van der Waals surface area contributed by atoms with Crippen LogP contribution < -0.4 is 5.32 Å². The Labute approximate surface area is 112 Å². The van der Waals surface area contributed by atoms with E-state index in [2.05, 4.69) is 25.8 Å². The first-order valence-corrected chi connectivity index (χ1v) is 5.74. The summed E-state index contributed by atoms with van der Waals surface area (Å²) in [5.41, 5.74) is 1.14. The van der Waals surface area contributed by atoms with Crippen LogP contribution in [0.4, 0.5) is 11.5 Å². The fourth-order valence-corrected chi connectivity index (χ4v) is 1.82. The summed E-state index contributed by atoms with van der Waals surface area (Å²) in [6, 6.07) is 6.54. The smallest absolute Gasteiger partial charge is 0.274 e. The third kappa shape index (κ3) is 2.11. The van der Waals surface area contributed by atoms with Crippen molar-refractivity contribution >= 4 is 17.2 Å². The van der Waals surface area contributed by atoms with E-state index in [0.29, 0.717) is 17.0 Å². The number of anilines is 1. The van der Waals surface area contributed by atoms with E-state index < -0.39 is 4.92 Å². The summed E-state index contributed by atoms with van der Waals surface area (Å²) in [5.74, 6) is 0.561. The molecule has 2 aromatic heterocycles.